The molecule has 2 aliphatic rings. The van der Waals surface area contributed by atoms with E-state index in [0.29, 0.717) is 18.9 Å². The molecular formula is C24H29N3O4. The van der Waals surface area contributed by atoms with Gasteiger partial charge in [-0.05, 0) is 30.5 Å². The number of hydrogen-bond acceptors (Lipinski definition) is 5. The average Bonchev–Trinajstić information content (AvgIpc) is 3.25. The topological polar surface area (TPSA) is 88.7 Å². The maximum Gasteiger partial charge on any atom is 0.246 e. The molecule has 2 aromatic rings. The summed E-state index contributed by atoms with van der Waals surface area (Å²) >= 11 is 0. The second-order valence-corrected chi connectivity index (χ2v) is 8.03. The molecule has 1 aliphatic carbocycles. The molecule has 1 saturated heterocycles. The molecular weight excluding hydrogens is 394 g/mol. The van der Waals surface area contributed by atoms with Crippen LogP contribution in [0.25, 0.3) is 0 Å². The van der Waals surface area contributed by atoms with E-state index in [1.807, 2.05) is 60.7 Å². The van der Waals surface area contributed by atoms with Crippen LogP contribution in [-0.2, 0) is 19.1 Å². The van der Waals surface area contributed by atoms with Crippen LogP contribution in [-0.4, -0.2) is 43.4 Å². The lowest BCUT2D eigenvalue weighted by molar-refractivity contribution is -0.180. The third-order valence-electron chi connectivity index (χ3n) is 5.83. The number of nitrogens with one attached hydrogen (secondary N) is 3. The summed E-state index contributed by atoms with van der Waals surface area (Å²) in [6.45, 7) is 1.34. The first-order valence-electron chi connectivity index (χ1n) is 10.9. The Morgan fingerprint density at radius 3 is 2.19 bits per heavy atom. The minimum absolute atomic E-state index is 0.0520. The summed E-state index contributed by atoms with van der Waals surface area (Å²) in [5, 5.41) is 9.11. The minimum atomic E-state index is -0.637. The summed E-state index contributed by atoms with van der Waals surface area (Å²) in [5.41, 5.74) is 1.52. The molecule has 31 heavy (non-hydrogen) atoms. The molecule has 7 heteroatoms. The molecule has 0 radical (unpaired) electrons. The van der Waals surface area contributed by atoms with Gasteiger partial charge in [-0.2, -0.15) is 0 Å². The largest absolute Gasteiger partial charge is 0.352 e. The molecule has 164 valence electrons. The smallest absolute Gasteiger partial charge is 0.246 e. The predicted molar refractivity (Wildman–Crippen MR) is 117 cm³/mol. The van der Waals surface area contributed by atoms with Crippen molar-refractivity contribution in [2.75, 3.05) is 25.1 Å². The van der Waals surface area contributed by atoms with Gasteiger partial charge in [0.05, 0.1) is 19.8 Å². The molecule has 7 nitrogen and oxygen atoms in total. The SMILES string of the molecule is O=C(CNC(C(=O)Nc1ccccc1)c1ccccc1)NC1CCC2(CC1)OCCO2. The van der Waals surface area contributed by atoms with Crippen LogP contribution in [0.15, 0.2) is 60.7 Å². The number of rotatable bonds is 7. The van der Waals surface area contributed by atoms with E-state index in [0.717, 1.165) is 31.2 Å². The van der Waals surface area contributed by atoms with Gasteiger partial charge in [0.25, 0.3) is 0 Å². The average molecular weight is 424 g/mol. The number of benzene rings is 2. The third kappa shape index (κ3) is 5.70. The lowest BCUT2D eigenvalue weighted by atomic mass is 9.90. The van der Waals surface area contributed by atoms with Crippen LogP contribution < -0.4 is 16.0 Å². The van der Waals surface area contributed by atoms with E-state index in [4.69, 9.17) is 9.47 Å². The highest BCUT2D eigenvalue weighted by Gasteiger charge is 2.40. The Balaban J connectivity index is 1.31. The van der Waals surface area contributed by atoms with E-state index in [2.05, 4.69) is 16.0 Å². The van der Waals surface area contributed by atoms with Gasteiger partial charge in [0.1, 0.15) is 6.04 Å². The fourth-order valence-corrected chi connectivity index (χ4v) is 4.20. The van der Waals surface area contributed by atoms with Crippen molar-refractivity contribution in [1.29, 1.82) is 0 Å². The molecule has 0 bridgehead atoms. The molecule has 1 heterocycles. The number of anilines is 1. The van der Waals surface area contributed by atoms with Crippen LogP contribution in [0, 0.1) is 0 Å². The highest BCUT2D eigenvalue weighted by Crippen LogP contribution is 2.35. The maximum absolute atomic E-state index is 12.9. The quantitative estimate of drug-likeness (QED) is 0.637. The van der Waals surface area contributed by atoms with Gasteiger partial charge >= 0.3 is 0 Å². The molecule has 1 atom stereocenters. The van der Waals surface area contributed by atoms with Crippen molar-refractivity contribution in [3.05, 3.63) is 66.2 Å². The lowest BCUT2D eigenvalue weighted by Crippen LogP contribution is -2.47. The van der Waals surface area contributed by atoms with Crippen molar-refractivity contribution >= 4 is 17.5 Å². The molecule has 3 N–H and O–H groups in total. The number of carbonyl (C=O) groups is 2. The summed E-state index contributed by atoms with van der Waals surface area (Å²) in [6.07, 6.45) is 3.22. The molecule has 1 saturated carbocycles. The van der Waals surface area contributed by atoms with E-state index in [-0.39, 0.29) is 24.4 Å². The van der Waals surface area contributed by atoms with E-state index < -0.39 is 11.8 Å². The zero-order chi connectivity index (χ0) is 21.5. The van der Waals surface area contributed by atoms with Crippen molar-refractivity contribution in [1.82, 2.24) is 10.6 Å². The molecule has 1 spiro atoms. The molecule has 1 unspecified atom stereocenters. The lowest BCUT2D eigenvalue weighted by Gasteiger charge is -2.35. The Morgan fingerprint density at radius 1 is 0.935 bits per heavy atom. The van der Waals surface area contributed by atoms with Gasteiger partial charge in [0, 0.05) is 24.6 Å². The number of carbonyl (C=O) groups excluding carboxylic acids is 2. The molecule has 1 aliphatic heterocycles. The number of hydrogen-bond donors (Lipinski definition) is 3. The van der Waals surface area contributed by atoms with Crippen LogP contribution in [0.2, 0.25) is 0 Å². The van der Waals surface area contributed by atoms with Crippen LogP contribution in [0.1, 0.15) is 37.3 Å². The van der Waals surface area contributed by atoms with Crippen molar-refractivity contribution in [3.63, 3.8) is 0 Å². The highest BCUT2D eigenvalue weighted by atomic mass is 16.7. The molecule has 0 aromatic heterocycles. The van der Waals surface area contributed by atoms with Gasteiger partial charge in [-0.15, -0.1) is 0 Å². The first kappa shape index (κ1) is 21.5. The molecule has 2 fully saturated rings. The first-order valence-corrected chi connectivity index (χ1v) is 10.9. The van der Waals surface area contributed by atoms with Crippen molar-refractivity contribution in [2.24, 2.45) is 0 Å². The molecule has 2 aromatic carbocycles. The summed E-state index contributed by atoms with van der Waals surface area (Å²) in [5.74, 6) is -0.768. The fourth-order valence-electron chi connectivity index (χ4n) is 4.20. The minimum Gasteiger partial charge on any atom is -0.352 e. The number of amides is 2. The molecule has 2 amide bonds. The zero-order valence-electron chi connectivity index (χ0n) is 17.5. The van der Waals surface area contributed by atoms with Crippen LogP contribution in [0.3, 0.4) is 0 Å². The Bertz CT molecular complexity index is 859. The van der Waals surface area contributed by atoms with Crippen molar-refractivity contribution in [3.8, 4) is 0 Å². The molecule has 4 rings (SSSR count). The Labute approximate surface area is 182 Å². The van der Waals surface area contributed by atoms with Gasteiger partial charge in [0.2, 0.25) is 11.8 Å². The van der Waals surface area contributed by atoms with Crippen molar-refractivity contribution in [2.45, 2.75) is 43.6 Å². The third-order valence-corrected chi connectivity index (χ3v) is 5.83. The Morgan fingerprint density at radius 2 is 1.55 bits per heavy atom. The second-order valence-electron chi connectivity index (χ2n) is 8.03. The van der Waals surface area contributed by atoms with E-state index >= 15 is 0 Å². The van der Waals surface area contributed by atoms with E-state index in [9.17, 15) is 9.59 Å². The predicted octanol–water partition coefficient (Wildman–Crippen LogP) is 2.76. The van der Waals surface area contributed by atoms with E-state index in [1.54, 1.807) is 0 Å². The standard InChI is InChI=1S/C24H29N3O4/c28-21(26-20-11-13-24(14-12-20)30-15-16-31-24)17-25-22(18-7-3-1-4-8-18)23(29)27-19-9-5-2-6-10-19/h1-10,20,22,25H,11-17H2,(H,26,28)(H,27,29). The summed E-state index contributed by atoms with van der Waals surface area (Å²) in [7, 11) is 0. The van der Waals surface area contributed by atoms with Gasteiger partial charge in [-0.1, -0.05) is 48.5 Å². The second kappa shape index (κ2) is 10.0. The van der Waals surface area contributed by atoms with Crippen LogP contribution >= 0.6 is 0 Å². The highest BCUT2D eigenvalue weighted by molar-refractivity contribution is 5.95. The summed E-state index contributed by atoms with van der Waals surface area (Å²) in [4.78, 5) is 25.5. The van der Waals surface area contributed by atoms with Gasteiger partial charge < -0.3 is 20.1 Å². The van der Waals surface area contributed by atoms with Gasteiger partial charge in [-0.3, -0.25) is 14.9 Å². The van der Waals surface area contributed by atoms with Gasteiger partial charge in [-0.25, -0.2) is 0 Å². The van der Waals surface area contributed by atoms with Crippen LogP contribution in [0.4, 0.5) is 5.69 Å². The maximum atomic E-state index is 12.9. The first-order chi connectivity index (χ1) is 15.1. The number of ether oxygens (including phenoxy) is 2. The van der Waals surface area contributed by atoms with Gasteiger partial charge in [0.15, 0.2) is 5.79 Å². The fraction of sp³-hybridized carbons (Fsp3) is 0.417. The van der Waals surface area contributed by atoms with Crippen molar-refractivity contribution < 1.29 is 19.1 Å². The summed E-state index contributed by atoms with van der Waals surface area (Å²) in [6, 6.07) is 18.2. The zero-order valence-corrected chi connectivity index (χ0v) is 17.5. The Hall–Kier alpha value is -2.74. The summed E-state index contributed by atoms with van der Waals surface area (Å²) < 4.78 is 11.5. The normalized spacial score (nSPS) is 19.1. The van der Waals surface area contributed by atoms with Crippen LogP contribution in [0.5, 0.6) is 0 Å². The number of para-hydroxylation sites is 1. The Kier molecular flexibility index (Phi) is 6.96. The van der Waals surface area contributed by atoms with E-state index in [1.165, 1.54) is 0 Å². The monoisotopic (exact) mass is 423 g/mol.